The summed E-state index contributed by atoms with van der Waals surface area (Å²) in [5, 5.41) is 0. The van der Waals surface area contributed by atoms with Gasteiger partial charge >= 0.3 is 6.61 Å². The maximum Gasteiger partial charge on any atom is 0.387 e. The number of nitrogen functional groups attached to an aromatic ring is 1. The van der Waals surface area contributed by atoms with Gasteiger partial charge in [0.1, 0.15) is 5.60 Å². The Kier molecular flexibility index (Phi) is 6.48. The maximum atomic E-state index is 12.7. The lowest BCUT2D eigenvalue weighted by Gasteiger charge is -2.55. The van der Waals surface area contributed by atoms with Crippen LogP contribution in [-0.4, -0.2) is 84.6 Å². The van der Waals surface area contributed by atoms with Gasteiger partial charge < -0.3 is 25.8 Å². The summed E-state index contributed by atoms with van der Waals surface area (Å²) in [5.74, 6) is 1.32. The molecule has 1 spiro atoms. The molecule has 5 rings (SSSR count). The quantitative estimate of drug-likeness (QED) is 0.566. The second-order valence-electron chi connectivity index (χ2n) is 10.9. The Morgan fingerprint density at radius 1 is 1.29 bits per heavy atom. The number of aliphatic imine (C=N–C) groups is 1. The summed E-state index contributed by atoms with van der Waals surface area (Å²) in [6.07, 6.45) is 5.69. The number of ether oxygens (including phenoxy) is 2. The second-order valence-corrected chi connectivity index (χ2v) is 10.9. The SMILES string of the molecule is CC(C)N=C(C=C(N)c1cnc(N)c(OC(F)F)c1)C1[C@H]2CC(N3CC4(CN(C)CCO4)C3)C[C@@H]12. The first-order chi connectivity index (χ1) is 16.6. The molecule has 0 bridgehead atoms. The summed E-state index contributed by atoms with van der Waals surface area (Å²) in [6.45, 7) is 6.02. The molecule has 4 fully saturated rings. The van der Waals surface area contributed by atoms with Crippen LogP contribution < -0.4 is 16.2 Å². The molecule has 1 aromatic heterocycles. The number of fused-ring (bicyclic) bond motifs is 1. The summed E-state index contributed by atoms with van der Waals surface area (Å²) >= 11 is 0. The van der Waals surface area contributed by atoms with E-state index in [1.54, 1.807) is 0 Å². The predicted octanol–water partition coefficient (Wildman–Crippen LogP) is 2.46. The summed E-state index contributed by atoms with van der Waals surface area (Å²) in [5.41, 5.74) is 13.9. The zero-order valence-corrected chi connectivity index (χ0v) is 20.7. The predicted molar refractivity (Wildman–Crippen MR) is 131 cm³/mol. The van der Waals surface area contributed by atoms with E-state index in [9.17, 15) is 8.78 Å². The number of allylic oxidation sites excluding steroid dienone is 1. The highest BCUT2D eigenvalue weighted by molar-refractivity contribution is 6.04. The molecule has 0 radical (unpaired) electrons. The first kappa shape index (κ1) is 24.4. The third-order valence-electron chi connectivity index (χ3n) is 7.84. The Labute approximate surface area is 205 Å². The number of rotatable bonds is 7. The van der Waals surface area contributed by atoms with E-state index in [0.29, 0.717) is 35.1 Å². The molecular weight excluding hydrogens is 454 g/mol. The van der Waals surface area contributed by atoms with Gasteiger partial charge in [-0.15, -0.1) is 0 Å². The monoisotopic (exact) mass is 490 g/mol. The van der Waals surface area contributed by atoms with E-state index in [-0.39, 0.29) is 23.2 Å². The minimum atomic E-state index is -2.98. The molecule has 2 unspecified atom stereocenters. The van der Waals surface area contributed by atoms with Crippen LogP contribution >= 0.6 is 0 Å². The number of halogens is 2. The van der Waals surface area contributed by atoms with Gasteiger partial charge in [-0.1, -0.05) is 0 Å². The van der Waals surface area contributed by atoms with Gasteiger partial charge in [-0.25, -0.2) is 4.98 Å². The topological polar surface area (TPSA) is 102 Å². The molecular formula is C25H36F2N6O2. The molecule has 35 heavy (non-hydrogen) atoms. The van der Waals surface area contributed by atoms with Crippen molar-refractivity contribution in [3.63, 3.8) is 0 Å². The molecule has 8 nitrogen and oxygen atoms in total. The highest BCUT2D eigenvalue weighted by Crippen LogP contribution is 2.60. The minimum absolute atomic E-state index is 0.0284. The lowest BCUT2D eigenvalue weighted by Crippen LogP contribution is -2.71. The van der Waals surface area contributed by atoms with Crippen LogP contribution in [0.15, 0.2) is 23.3 Å². The first-order valence-corrected chi connectivity index (χ1v) is 12.5. The summed E-state index contributed by atoms with van der Waals surface area (Å²) in [7, 11) is 2.17. The molecule has 2 saturated carbocycles. The van der Waals surface area contributed by atoms with E-state index in [1.807, 2.05) is 19.9 Å². The number of hydrogen-bond donors (Lipinski definition) is 2. The Morgan fingerprint density at radius 2 is 2.00 bits per heavy atom. The van der Waals surface area contributed by atoms with E-state index in [4.69, 9.17) is 21.2 Å². The second kappa shape index (κ2) is 9.29. The van der Waals surface area contributed by atoms with E-state index in [0.717, 1.165) is 38.5 Å². The lowest BCUT2D eigenvalue weighted by atomic mass is 9.88. The Bertz CT molecular complexity index is 998. The van der Waals surface area contributed by atoms with Crippen LogP contribution in [0.5, 0.6) is 5.75 Å². The average Bonchev–Trinajstić information content (AvgIpc) is 3.25. The van der Waals surface area contributed by atoms with Crippen LogP contribution in [0.4, 0.5) is 14.6 Å². The molecule has 3 heterocycles. The molecule has 4 aliphatic rings. The van der Waals surface area contributed by atoms with Crippen molar-refractivity contribution in [1.82, 2.24) is 14.8 Å². The molecule has 4 atom stereocenters. The standard InChI is InChI=1S/C25H36F2N6O2/c1-14(2)31-20(9-19(28)15-6-21(35-24(26)27)23(29)30-10-15)22-17-7-16(8-18(17)22)33-12-25(13-33)11-32(3)4-5-34-25/h6,9-10,14,16-18,22,24H,4-5,7-8,11-13,28H2,1-3H3,(H2,29,30)/t16?,17-,18+,22?. The highest BCUT2D eigenvalue weighted by Gasteiger charge is 2.60. The average molecular weight is 491 g/mol. The number of anilines is 1. The van der Waals surface area contributed by atoms with E-state index < -0.39 is 6.61 Å². The maximum absolute atomic E-state index is 12.7. The van der Waals surface area contributed by atoms with Crippen molar-refractivity contribution in [3.05, 3.63) is 23.9 Å². The molecule has 2 aliphatic carbocycles. The zero-order chi connectivity index (χ0) is 24.9. The van der Waals surface area contributed by atoms with Gasteiger partial charge in [0.25, 0.3) is 0 Å². The Hall–Kier alpha value is -2.30. The van der Waals surface area contributed by atoms with Gasteiger partial charge in [0.05, 0.1) is 6.61 Å². The number of alkyl halides is 2. The summed E-state index contributed by atoms with van der Waals surface area (Å²) < 4.78 is 36.0. The van der Waals surface area contributed by atoms with Gasteiger partial charge in [-0.2, -0.15) is 8.78 Å². The van der Waals surface area contributed by atoms with Crippen molar-refractivity contribution in [1.29, 1.82) is 0 Å². The molecule has 4 N–H and O–H groups in total. The number of morpholine rings is 1. The molecule has 10 heteroatoms. The van der Waals surface area contributed by atoms with Gasteiger partial charge in [-0.05, 0) is 57.7 Å². The third-order valence-corrected chi connectivity index (χ3v) is 7.84. The van der Waals surface area contributed by atoms with Crippen LogP contribution in [0, 0.1) is 17.8 Å². The number of pyridine rings is 1. The molecule has 1 aromatic rings. The fraction of sp³-hybridized carbons (Fsp3) is 0.680. The van der Waals surface area contributed by atoms with E-state index in [2.05, 4.69) is 26.6 Å². The van der Waals surface area contributed by atoms with Crippen LogP contribution in [0.2, 0.25) is 0 Å². The van der Waals surface area contributed by atoms with Gasteiger partial charge in [0.2, 0.25) is 0 Å². The molecule has 2 aliphatic heterocycles. The third kappa shape index (κ3) is 5.01. The fourth-order valence-corrected chi connectivity index (χ4v) is 6.29. The Balaban J connectivity index is 1.24. The van der Waals surface area contributed by atoms with Crippen LogP contribution in [0.25, 0.3) is 5.70 Å². The summed E-state index contributed by atoms with van der Waals surface area (Å²) in [6, 6.07) is 2.14. The largest absolute Gasteiger partial charge is 0.431 e. The minimum Gasteiger partial charge on any atom is -0.431 e. The van der Waals surface area contributed by atoms with Crippen LogP contribution in [0.1, 0.15) is 32.3 Å². The normalized spacial score (nSPS) is 31.2. The number of likely N-dealkylation sites (tertiary alicyclic amines) is 1. The van der Waals surface area contributed by atoms with Gasteiger partial charge in [0, 0.05) is 67.3 Å². The van der Waals surface area contributed by atoms with Crippen molar-refractivity contribution in [2.45, 2.75) is 51.0 Å². The smallest absolute Gasteiger partial charge is 0.387 e. The zero-order valence-electron chi connectivity index (χ0n) is 20.7. The van der Waals surface area contributed by atoms with E-state index >= 15 is 0 Å². The van der Waals surface area contributed by atoms with Crippen LogP contribution in [-0.2, 0) is 4.74 Å². The molecule has 0 aromatic carbocycles. The molecule has 192 valence electrons. The number of nitrogens with two attached hydrogens (primary N) is 2. The van der Waals surface area contributed by atoms with Crippen molar-refractivity contribution in [3.8, 4) is 5.75 Å². The summed E-state index contributed by atoms with van der Waals surface area (Å²) in [4.78, 5) is 13.8. The Morgan fingerprint density at radius 3 is 2.63 bits per heavy atom. The van der Waals surface area contributed by atoms with Crippen molar-refractivity contribution >= 4 is 17.2 Å². The fourth-order valence-electron chi connectivity index (χ4n) is 6.29. The number of hydrogen-bond acceptors (Lipinski definition) is 8. The highest BCUT2D eigenvalue weighted by atomic mass is 19.3. The number of likely N-dealkylation sites (N-methyl/N-ethyl adjacent to an activating group) is 1. The number of aromatic nitrogens is 1. The van der Waals surface area contributed by atoms with E-state index in [1.165, 1.54) is 25.1 Å². The van der Waals surface area contributed by atoms with Gasteiger partial charge in [0.15, 0.2) is 11.6 Å². The van der Waals surface area contributed by atoms with Crippen molar-refractivity contribution in [2.24, 2.45) is 28.5 Å². The molecule has 2 saturated heterocycles. The number of nitrogens with zero attached hydrogens (tertiary/aromatic N) is 4. The first-order valence-electron chi connectivity index (χ1n) is 12.5. The van der Waals surface area contributed by atoms with Gasteiger partial charge in [-0.3, -0.25) is 9.89 Å². The van der Waals surface area contributed by atoms with Crippen LogP contribution in [0.3, 0.4) is 0 Å². The molecule has 0 amide bonds. The lowest BCUT2D eigenvalue weighted by molar-refractivity contribution is -0.190. The van der Waals surface area contributed by atoms with Crippen molar-refractivity contribution < 1.29 is 18.3 Å². The van der Waals surface area contributed by atoms with Crippen molar-refractivity contribution in [2.75, 3.05) is 45.6 Å².